The van der Waals surface area contributed by atoms with Gasteiger partial charge in [0.15, 0.2) is 0 Å². The van der Waals surface area contributed by atoms with Crippen molar-refractivity contribution in [1.29, 1.82) is 0 Å². The summed E-state index contributed by atoms with van der Waals surface area (Å²) in [6.07, 6.45) is 8.52. The molecule has 0 amide bonds. The Hall–Kier alpha value is -0.250. The van der Waals surface area contributed by atoms with Gasteiger partial charge in [-0.3, -0.25) is 11.3 Å². The monoisotopic (exact) mass is 200 g/mol. The number of rotatable bonds is 0. The van der Waals surface area contributed by atoms with E-state index in [9.17, 15) is 0 Å². The molecule has 0 fully saturated rings. The second kappa shape index (κ2) is 6.24. The van der Waals surface area contributed by atoms with Gasteiger partial charge in [-0.15, -0.1) is 12.6 Å². The second-order valence-corrected chi connectivity index (χ2v) is 4.59. The minimum absolute atomic E-state index is 0.0694. The lowest BCUT2D eigenvalue weighted by molar-refractivity contribution is 0.438. The van der Waals surface area contributed by atoms with E-state index in [1.54, 1.807) is 0 Å². The van der Waals surface area contributed by atoms with E-state index in [0.29, 0.717) is 0 Å². The fraction of sp³-hybridized carbons (Fsp3) is 0.600. The summed E-state index contributed by atoms with van der Waals surface area (Å²) >= 11 is 4.17. The molecular weight excluding hydrogens is 180 g/mol. The number of nitrogens with two attached hydrogens (primary N) is 1. The highest BCUT2D eigenvalue weighted by molar-refractivity contribution is 7.84. The van der Waals surface area contributed by atoms with Crippen LogP contribution < -0.4 is 11.3 Å². The third-order valence-corrected chi connectivity index (χ3v) is 1.80. The Morgan fingerprint density at radius 3 is 2.15 bits per heavy atom. The molecule has 1 aliphatic carbocycles. The van der Waals surface area contributed by atoms with Crippen molar-refractivity contribution in [3.05, 3.63) is 23.1 Å². The number of allylic oxidation sites excluding steroid dienone is 4. The van der Waals surface area contributed by atoms with Gasteiger partial charge in [-0.05, 0) is 38.5 Å². The standard InChI is InChI=1S/C6H8S.C4H12N2/c7-6-4-2-1-3-5-6;1-4(2,3)6-5/h1-2,4,7H,3,5H2;6H,5H2,1-3H3. The first-order chi connectivity index (χ1) is 5.95. The van der Waals surface area contributed by atoms with Crippen LogP contribution in [0.1, 0.15) is 33.6 Å². The van der Waals surface area contributed by atoms with Crippen LogP contribution in [0.25, 0.3) is 0 Å². The maximum absolute atomic E-state index is 5.06. The van der Waals surface area contributed by atoms with Gasteiger partial charge in [0.25, 0.3) is 0 Å². The van der Waals surface area contributed by atoms with Crippen molar-refractivity contribution >= 4 is 12.6 Å². The van der Waals surface area contributed by atoms with E-state index >= 15 is 0 Å². The number of thiol groups is 1. The summed E-state index contributed by atoms with van der Waals surface area (Å²) in [5.74, 6) is 5.06. The summed E-state index contributed by atoms with van der Waals surface area (Å²) < 4.78 is 0. The van der Waals surface area contributed by atoms with E-state index in [-0.39, 0.29) is 5.54 Å². The van der Waals surface area contributed by atoms with E-state index in [1.807, 2.05) is 32.9 Å². The Bertz CT molecular complexity index is 190. The molecule has 0 saturated carbocycles. The topological polar surface area (TPSA) is 38.0 Å². The van der Waals surface area contributed by atoms with Crippen molar-refractivity contribution in [3.63, 3.8) is 0 Å². The highest BCUT2D eigenvalue weighted by Crippen LogP contribution is 2.13. The van der Waals surface area contributed by atoms with Crippen molar-refractivity contribution in [2.45, 2.75) is 39.2 Å². The highest BCUT2D eigenvalue weighted by atomic mass is 32.1. The number of hydrazine groups is 1. The van der Waals surface area contributed by atoms with Gasteiger partial charge in [0.1, 0.15) is 0 Å². The summed E-state index contributed by atoms with van der Waals surface area (Å²) in [7, 11) is 0. The van der Waals surface area contributed by atoms with Crippen LogP contribution >= 0.6 is 12.6 Å². The lowest BCUT2D eigenvalue weighted by Crippen LogP contribution is -2.41. The molecule has 0 unspecified atom stereocenters. The second-order valence-electron chi connectivity index (χ2n) is 4.02. The van der Waals surface area contributed by atoms with E-state index in [0.717, 1.165) is 12.8 Å². The third-order valence-electron chi connectivity index (χ3n) is 1.42. The van der Waals surface area contributed by atoms with Crippen molar-refractivity contribution in [2.24, 2.45) is 5.84 Å². The predicted octanol–water partition coefficient (Wildman–Crippen LogP) is 2.40. The van der Waals surface area contributed by atoms with Crippen molar-refractivity contribution in [2.75, 3.05) is 0 Å². The first kappa shape index (κ1) is 12.8. The maximum Gasteiger partial charge on any atom is 0.0236 e. The lowest BCUT2D eigenvalue weighted by Gasteiger charge is -2.14. The Balaban J connectivity index is 0.000000226. The Labute approximate surface area is 86.7 Å². The number of hydrogen-bond donors (Lipinski definition) is 3. The molecule has 0 aromatic heterocycles. The Morgan fingerprint density at radius 1 is 1.46 bits per heavy atom. The van der Waals surface area contributed by atoms with Gasteiger partial charge in [-0.1, -0.05) is 18.2 Å². The molecule has 0 radical (unpaired) electrons. The molecule has 0 aliphatic heterocycles. The average molecular weight is 200 g/mol. The fourth-order valence-corrected chi connectivity index (χ4v) is 0.805. The van der Waals surface area contributed by atoms with Gasteiger partial charge in [-0.2, -0.15) is 0 Å². The van der Waals surface area contributed by atoms with Crippen LogP contribution in [0.4, 0.5) is 0 Å². The van der Waals surface area contributed by atoms with E-state index < -0.39 is 0 Å². The zero-order chi connectivity index (χ0) is 10.3. The average Bonchev–Trinajstić information content (AvgIpc) is 2.06. The van der Waals surface area contributed by atoms with Gasteiger partial charge in [0.2, 0.25) is 0 Å². The fourth-order valence-electron chi connectivity index (χ4n) is 0.590. The lowest BCUT2D eigenvalue weighted by atomic mass is 10.1. The molecular formula is C10H20N2S. The molecule has 0 atom stereocenters. The molecule has 0 aromatic carbocycles. The van der Waals surface area contributed by atoms with Crippen molar-refractivity contribution in [3.8, 4) is 0 Å². The van der Waals surface area contributed by atoms with Crippen molar-refractivity contribution in [1.82, 2.24) is 5.43 Å². The van der Waals surface area contributed by atoms with E-state index in [2.05, 4.69) is 24.1 Å². The molecule has 0 heterocycles. The van der Waals surface area contributed by atoms with Crippen LogP contribution in [0.15, 0.2) is 23.1 Å². The first-order valence-corrected chi connectivity index (χ1v) is 4.93. The van der Waals surface area contributed by atoms with Crippen LogP contribution in [0.5, 0.6) is 0 Å². The molecule has 13 heavy (non-hydrogen) atoms. The smallest absolute Gasteiger partial charge is 0.0236 e. The number of hydrogen-bond acceptors (Lipinski definition) is 3. The van der Waals surface area contributed by atoms with Gasteiger partial charge in [0, 0.05) is 5.54 Å². The molecule has 2 nitrogen and oxygen atoms in total. The summed E-state index contributed by atoms with van der Waals surface area (Å²) in [4.78, 5) is 1.20. The predicted molar refractivity (Wildman–Crippen MR) is 62.5 cm³/mol. The zero-order valence-electron chi connectivity index (χ0n) is 8.67. The SMILES string of the molecule is CC(C)(C)NN.SC1=CC=CCC1. The molecule has 0 saturated heterocycles. The summed E-state index contributed by atoms with van der Waals surface area (Å²) in [5, 5.41) is 0. The van der Waals surface area contributed by atoms with Crippen molar-refractivity contribution < 1.29 is 0 Å². The maximum atomic E-state index is 5.06. The molecule has 0 aromatic rings. The normalized spacial score (nSPS) is 15.9. The molecule has 3 N–H and O–H groups in total. The van der Waals surface area contributed by atoms with Crippen LogP contribution in [0, 0.1) is 0 Å². The third kappa shape index (κ3) is 9.67. The number of nitrogens with one attached hydrogen (secondary N) is 1. The van der Waals surface area contributed by atoms with Crippen LogP contribution in [-0.2, 0) is 0 Å². The Morgan fingerprint density at radius 2 is 2.00 bits per heavy atom. The summed E-state index contributed by atoms with van der Waals surface area (Å²) in [6.45, 7) is 6.02. The quantitative estimate of drug-likeness (QED) is 0.319. The van der Waals surface area contributed by atoms with Crippen LogP contribution in [0.3, 0.4) is 0 Å². The highest BCUT2D eigenvalue weighted by Gasteiger charge is 2.02. The molecule has 0 bridgehead atoms. The van der Waals surface area contributed by atoms with Crippen LogP contribution in [0.2, 0.25) is 0 Å². The molecule has 1 aliphatic rings. The van der Waals surface area contributed by atoms with Gasteiger partial charge in [-0.25, -0.2) is 0 Å². The largest absolute Gasteiger partial charge is 0.271 e. The minimum atomic E-state index is 0.0694. The summed E-state index contributed by atoms with van der Waals surface area (Å²) in [5.41, 5.74) is 2.67. The first-order valence-electron chi connectivity index (χ1n) is 4.48. The summed E-state index contributed by atoms with van der Waals surface area (Å²) in [6, 6.07) is 0. The molecule has 76 valence electrons. The van der Waals surface area contributed by atoms with E-state index in [1.165, 1.54) is 4.91 Å². The molecule has 0 spiro atoms. The Kier molecular flexibility index (Phi) is 6.12. The van der Waals surface area contributed by atoms with Gasteiger partial charge >= 0.3 is 0 Å². The minimum Gasteiger partial charge on any atom is -0.271 e. The van der Waals surface area contributed by atoms with Gasteiger partial charge < -0.3 is 0 Å². The zero-order valence-corrected chi connectivity index (χ0v) is 9.57. The molecule has 3 heteroatoms. The molecule has 1 rings (SSSR count). The van der Waals surface area contributed by atoms with Gasteiger partial charge in [0.05, 0.1) is 0 Å². The van der Waals surface area contributed by atoms with Crippen LogP contribution in [-0.4, -0.2) is 5.54 Å². The van der Waals surface area contributed by atoms with E-state index in [4.69, 9.17) is 5.84 Å².